The molecule has 0 aliphatic carbocycles. The molecule has 0 amide bonds. The summed E-state index contributed by atoms with van der Waals surface area (Å²) in [6.45, 7) is 7.05. The first-order valence-electron chi connectivity index (χ1n) is 7.20. The summed E-state index contributed by atoms with van der Waals surface area (Å²) >= 11 is 12.0. The summed E-state index contributed by atoms with van der Waals surface area (Å²) in [6, 6.07) is 3.37. The van der Waals surface area contributed by atoms with Crippen molar-refractivity contribution >= 4 is 23.2 Å². The third-order valence-electron chi connectivity index (χ3n) is 3.92. The molecule has 1 aliphatic rings. The SMILES string of the molecule is CCN(Cc1cc(Cl)cc(Cl)c1O)CC1CCNCC1. The number of phenolic OH excluding ortho intramolecular Hbond substituents is 1. The number of halogens is 2. The highest BCUT2D eigenvalue weighted by molar-refractivity contribution is 6.35. The summed E-state index contributed by atoms with van der Waals surface area (Å²) in [6.07, 6.45) is 2.44. The van der Waals surface area contributed by atoms with Crippen LogP contribution in [0.4, 0.5) is 0 Å². The Kier molecular flexibility index (Phi) is 5.97. The monoisotopic (exact) mass is 316 g/mol. The first-order valence-corrected chi connectivity index (χ1v) is 7.95. The number of rotatable bonds is 5. The number of nitrogens with zero attached hydrogens (tertiary/aromatic N) is 1. The van der Waals surface area contributed by atoms with Gasteiger partial charge in [-0.25, -0.2) is 0 Å². The van der Waals surface area contributed by atoms with E-state index < -0.39 is 0 Å². The number of hydrogen-bond donors (Lipinski definition) is 2. The van der Waals surface area contributed by atoms with E-state index in [-0.39, 0.29) is 5.75 Å². The van der Waals surface area contributed by atoms with Crippen molar-refractivity contribution in [2.75, 3.05) is 26.2 Å². The average molecular weight is 317 g/mol. The number of phenols is 1. The molecule has 0 saturated carbocycles. The van der Waals surface area contributed by atoms with Crippen molar-refractivity contribution in [2.24, 2.45) is 5.92 Å². The van der Waals surface area contributed by atoms with Gasteiger partial charge in [-0.15, -0.1) is 0 Å². The van der Waals surface area contributed by atoms with Crippen LogP contribution < -0.4 is 5.32 Å². The fraction of sp³-hybridized carbons (Fsp3) is 0.600. The predicted octanol–water partition coefficient (Wildman–Crippen LogP) is 3.52. The minimum Gasteiger partial charge on any atom is -0.506 e. The fourth-order valence-corrected chi connectivity index (χ4v) is 3.25. The van der Waals surface area contributed by atoms with Crippen LogP contribution in [0.15, 0.2) is 12.1 Å². The molecule has 5 heteroatoms. The molecule has 1 fully saturated rings. The molecule has 1 aliphatic heterocycles. The summed E-state index contributed by atoms with van der Waals surface area (Å²) in [7, 11) is 0. The highest BCUT2D eigenvalue weighted by Gasteiger charge is 2.18. The molecule has 1 heterocycles. The molecule has 112 valence electrons. The molecule has 0 unspecified atom stereocenters. The molecule has 0 atom stereocenters. The first kappa shape index (κ1) is 15.9. The zero-order valence-electron chi connectivity index (χ0n) is 11.8. The zero-order chi connectivity index (χ0) is 14.5. The van der Waals surface area contributed by atoms with E-state index >= 15 is 0 Å². The Labute approximate surface area is 130 Å². The van der Waals surface area contributed by atoms with Crippen molar-refractivity contribution in [3.05, 3.63) is 27.7 Å². The Morgan fingerprint density at radius 3 is 2.65 bits per heavy atom. The van der Waals surface area contributed by atoms with Crippen molar-refractivity contribution < 1.29 is 5.11 Å². The van der Waals surface area contributed by atoms with Crippen LogP contribution >= 0.6 is 23.2 Å². The lowest BCUT2D eigenvalue weighted by atomic mass is 9.97. The van der Waals surface area contributed by atoms with Crippen LogP contribution in [0.3, 0.4) is 0 Å². The quantitative estimate of drug-likeness (QED) is 0.872. The molecular formula is C15H22Cl2N2O. The lowest BCUT2D eigenvalue weighted by molar-refractivity contribution is 0.205. The van der Waals surface area contributed by atoms with E-state index in [9.17, 15) is 5.11 Å². The molecule has 0 spiro atoms. The Balaban J connectivity index is 2.02. The van der Waals surface area contributed by atoms with Gasteiger partial charge in [0.1, 0.15) is 5.75 Å². The Hall–Kier alpha value is -0.480. The predicted molar refractivity (Wildman–Crippen MR) is 84.7 cm³/mol. The van der Waals surface area contributed by atoms with Gasteiger partial charge in [-0.3, -0.25) is 4.90 Å². The summed E-state index contributed by atoms with van der Waals surface area (Å²) in [4.78, 5) is 2.34. The molecular weight excluding hydrogens is 295 g/mol. The smallest absolute Gasteiger partial charge is 0.138 e. The van der Waals surface area contributed by atoms with Crippen LogP contribution in [-0.2, 0) is 6.54 Å². The summed E-state index contributed by atoms with van der Waals surface area (Å²) < 4.78 is 0. The molecule has 1 saturated heterocycles. The molecule has 2 N–H and O–H groups in total. The van der Waals surface area contributed by atoms with Crippen molar-refractivity contribution in [2.45, 2.75) is 26.3 Å². The van der Waals surface area contributed by atoms with E-state index in [1.807, 2.05) is 0 Å². The Bertz CT molecular complexity index is 448. The maximum absolute atomic E-state index is 10.0. The number of nitrogens with one attached hydrogen (secondary N) is 1. The van der Waals surface area contributed by atoms with Crippen LogP contribution in [0.2, 0.25) is 10.0 Å². The van der Waals surface area contributed by atoms with Crippen LogP contribution in [0, 0.1) is 5.92 Å². The van der Waals surface area contributed by atoms with Gasteiger partial charge in [0.15, 0.2) is 0 Å². The Morgan fingerprint density at radius 1 is 1.30 bits per heavy atom. The van der Waals surface area contributed by atoms with Gasteiger partial charge in [0.25, 0.3) is 0 Å². The average Bonchev–Trinajstić information content (AvgIpc) is 2.44. The summed E-state index contributed by atoms with van der Waals surface area (Å²) in [5.74, 6) is 0.882. The van der Waals surface area contributed by atoms with Crippen LogP contribution in [0.25, 0.3) is 0 Å². The number of benzene rings is 1. The van der Waals surface area contributed by atoms with E-state index in [1.165, 1.54) is 12.8 Å². The number of aromatic hydroxyl groups is 1. The standard InChI is InChI=1S/C15H22Cl2N2O/c1-2-19(9-11-3-5-18-6-4-11)10-12-7-13(16)8-14(17)15(12)20/h7-8,11,18,20H,2-6,9-10H2,1H3. The van der Waals surface area contributed by atoms with Gasteiger partial charge in [-0.05, 0) is 50.5 Å². The van der Waals surface area contributed by atoms with E-state index in [1.54, 1.807) is 12.1 Å². The fourth-order valence-electron chi connectivity index (χ4n) is 2.72. The first-order chi connectivity index (χ1) is 9.60. The normalized spacial score (nSPS) is 16.8. The third kappa shape index (κ3) is 4.26. The lowest BCUT2D eigenvalue weighted by Gasteiger charge is -2.29. The molecule has 3 nitrogen and oxygen atoms in total. The maximum Gasteiger partial charge on any atom is 0.138 e. The van der Waals surface area contributed by atoms with E-state index in [0.29, 0.717) is 16.6 Å². The van der Waals surface area contributed by atoms with Crippen LogP contribution in [0.5, 0.6) is 5.75 Å². The minimum atomic E-state index is 0.153. The third-order valence-corrected chi connectivity index (χ3v) is 4.43. The van der Waals surface area contributed by atoms with Gasteiger partial charge in [-0.2, -0.15) is 0 Å². The second kappa shape index (κ2) is 7.51. The minimum absolute atomic E-state index is 0.153. The van der Waals surface area contributed by atoms with Gasteiger partial charge in [-0.1, -0.05) is 30.1 Å². The van der Waals surface area contributed by atoms with Gasteiger partial charge in [0, 0.05) is 23.7 Å². The molecule has 2 rings (SSSR count). The van der Waals surface area contributed by atoms with E-state index in [4.69, 9.17) is 23.2 Å². The summed E-state index contributed by atoms with van der Waals surface area (Å²) in [5, 5.41) is 14.3. The Morgan fingerprint density at radius 2 is 2.00 bits per heavy atom. The van der Waals surface area contributed by atoms with Gasteiger partial charge >= 0.3 is 0 Å². The second-order valence-corrected chi connectivity index (χ2v) is 6.26. The number of hydrogen-bond acceptors (Lipinski definition) is 3. The zero-order valence-corrected chi connectivity index (χ0v) is 13.3. The van der Waals surface area contributed by atoms with Crippen molar-refractivity contribution in [1.29, 1.82) is 0 Å². The summed E-state index contributed by atoms with van der Waals surface area (Å²) in [5.41, 5.74) is 0.804. The van der Waals surface area contributed by atoms with Crippen LogP contribution in [0.1, 0.15) is 25.3 Å². The molecule has 1 aromatic carbocycles. The molecule has 20 heavy (non-hydrogen) atoms. The van der Waals surface area contributed by atoms with Crippen molar-refractivity contribution in [3.8, 4) is 5.75 Å². The largest absolute Gasteiger partial charge is 0.506 e. The molecule has 0 aromatic heterocycles. The van der Waals surface area contributed by atoms with Gasteiger partial charge in [0.05, 0.1) is 5.02 Å². The highest BCUT2D eigenvalue weighted by Crippen LogP contribution is 2.32. The van der Waals surface area contributed by atoms with Crippen LogP contribution in [-0.4, -0.2) is 36.2 Å². The lowest BCUT2D eigenvalue weighted by Crippen LogP contribution is -2.35. The highest BCUT2D eigenvalue weighted by atomic mass is 35.5. The van der Waals surface area contributed by atoms with Gasteiger partial charge in [0.2, 0.25) is 0 Å². The van der Waals surface area contributed by atoms with Crippen molar-refractivity contribution in [3.63, 3.8) is 0 Å². The van der Waals surface area contributed by atoms with E-state index in [2.05, 4.69) is 17.1 Å². The van der Waals surface area contributed by atoms with Gasteiger partial charge < -0.3 is 10.4 Å². The maximum atomic E-state index is 10.0. The van der Waals surface area contributed by atoms with Crippen molar-refractivity contribution in [1.82, 2.24) is 10.2 Å². The molecule has 0 radical (unpaired) electrons. The van der Waals surface area contributed by atoms with E-state index in [0.717, 1.165) is 37.7 Å². The molecule has 1 aromatic rings. The molecule has 0 bridgehead atoms. The second-order valence-electron chi connectivity index (χ2n) is 5.42. The topological polar surface area (TPSA) is 35.5 Å². The number of piperidine rings is 1.